The molecule has 1 atom stereocenters. The van der Waals surface area contributed by atoms with Crippen LogP contribution in [0.4, 0.5) is 0 Å². The van der Waals surface area contributed by atoms with Crippen molar-refractivity contribution in [3.05, 3.63) is 0 Å². The van der Waals surface area contributed by atoms with E-state index in [0.717, 1.165) is 12.8 Å². The van der Waals surface area contributed by atoms with E-state index < -0.39 is 17.4 Å². The molecule has 0 aromatic heterocycles. The van der Waals surface area contributed by atoms with Gasteiger partial charge in [0.05, 0.1) is 11.5 Å². The maximum absolute atomic E-state index is 11.5. The second-order valence-corrected chi connectivity index (χ2v) is 4.55. The van der Waals surface area contributed by atoms with Crippen molar-refractivity contribution in [1.82, 2.24) is 5.32 Å². The summed E-state index contributed by atoms with van der Waals surface area (Å²) in [5, 5.41) is 11.7. The lowest BCUT2D eigenvalue weighted by atomic mass is 9.69. The van der Waals surface area contributed by atoms with Crippen LogP contribution in [0.15, 0.2) is 0 Å². The van der Waals surface area contributed by atoms with Crippen LogP contribution < -0.4 is 11.1 Å². The Bertz CT molecular complexity index is 274. The fraction of sp³-hybridized carbons (Fsp3) is 0.818. The smallest absolute Gasteiger partial charge is 0.311 e. The number of hydrogen-bond acceptors (Lipinski definition) is 3. The molecule has 0 aromatic carbocycles. The van der Waals surface area contributed by atoms with E-state index in [1.165, 1.54) is 0 Å². The minimum absolute atomic E-state index is 0.207. The van der Waals surface area contributed by atoms with E-state index in [9.17, 15) is 9.59 Å². The SMILES string of the molecule is CCCC(N)C(=O)NCC1(C(=O)O)CCC1. The van der Waals surface area contributed by atoms with E-state index in [0.29, 0.717) is 19.3 Å². The number of aliphatic carboxylic acids is 1. The van der Waals surface area contributed by atoms with E-state index >= 15 is 0 Å². The van der Waals surface area contributed by atoms with Crippen molar-refractivity contribution in [2.45, 2.75) is 45.1 Å². The van der Waals surface area contributed by atoms with Gasteiger partial charge in [0.1, 0.15) is 0 Å². The lowest BCUT2D eigenvalue weighted by molar-refractivity contribution is -0.154. The van der Waals surface area contributed by atoms with Crippen molar-refractivity contribution in [2.75, 3.05) is 6.54 Å². The largest absolute Gasteiger partial charge is 0.481 e. The van der Waals surface area contributed by atoms with Gasteiger partial charge in [-0.25, -0.2) is 0 Å². The van der Waals surface area contributed by atoms with Crippen molar-refractivity contribution >= 4 is 11.9 Å². The molecule has 1 fully saturated rings. The van der Waals surface area contributed by atoms with Crippen molar-refractivity contribution in [3.63, 3.8) is 0 Å². The van der Waals surface area contributed by atoms with Crippen LogP contribution in [-0.2, 0) is 9.59 Å². The third-order valence-corrected chi connectivity index (χ3v) is 3.30. The predicted molar refractivity (Wildman–Crippen MR) is 59.8 cm³/mol. The molecule has 1 amide bonds. The Morgan fingerprint density at radius 3 is 2.50 bits per heavy atom. The first-order valence-electron chi connectivity index (χ1n) is 5.78. The molecule has 0 bridgehead atoms. The third-order valence-electron chi connectivity index (χ3n) is 3.30. The van der Waals surface area contributed by atoms with Gasteiger partial charge in [-0.2, -0.15) is 0 Å². The van der Waals surface area contributed by atoms with Crippen LogP contribution >= 0.6 is 0 Å². The van der Waals surface area contributed by atoms with Gasteiger partial charge in [-0.1, -0.05) is 19.8 Å². The van der Waals surface area contributed by atoms with Gasteiger partial charge in [0.2, 0.25) is 5.91 Å². The molecule has 4 N–H and O–H groups in total. The molecule has 1 unspecified atom stereocenters. The number of hydrogen-bond donors (Lipinski definition) is 3. The van der Waals surface area contributed by atoms with Gasteiger partial charge in [0, 0.05) is 6.54 Å². The molecule has 1 saturated carbocycles. The fourth-order valence-corrected chi connectivity index (χ4v) is 1.90. The Hall–Kier alpha value is -1.10. The number of carboxylic acid groups (broad SMARTS) is 1. The van der Waals surface area contributed by atoms with Crippen LogP contribution in [0.2, 0.25) is 0 Å². The topological polar surface area (TPSA) is 92.4 Å². The summed E-state index contributed by atoms with van der Waals surface area (Å²) in [5.74, 6) is -1.06. The van der Waals surface area contributed by atoms with Crippen molar-refractivity contribution < 1.29 is 14.7 Å². The zero-order valence-corrected chi connectivity index (χ0v) is 9.66. The van der Waals surface area contributed by atoms with Gasteiger partial charge in [-0.3, -0.25) is 9.59 Å². The van der Waals surface area contributed by atoms with Gasteiger partial charge in [0.15, 0.2) is 0 Å². The van der Waals surface area contributed by atoms with Crippen LogP contribution in [0, 0.1) is 5.41 Å². The zero-order valence-electron chi connectivity index (χ0n) is 9.66. The van der Waals surface area contributed by atoms with E-state index in [1.807, 2.05) is 6.92 Å². The molecule has 1 rings (SSSR count). The van der Waals surface area contributed by atoms with Gasteiger partial charge in [-0.05, 0) is 19.3 Å². The summed E-state index contributed by atoms with van der Waals surface area (Å²) in [5.41, 5.74) is 4.90. The number of nitrogens with one attached hydrogen (secondary N) is 1. The Labute approximate surface area is 95.4 Å². The van der Waals surface area contributed by atoms with Gasteiger partial charge in [-0.15, -0.1) is 0 Å². The standard InChI is InChI=1S/C11H20N2O3/c1-2-4-8(12)9(14)13-7-11(10(15)16)5-3-6-11/h8H,2-7,12H2,1H3,(H,13,14)(H,15,16). The summed E-state index contributed by atoms with van der Waals surface area (Å²) in [6.45, 7) is 2.16. The van der Waals surface area contributed by atoms with Crippen molar-refractivity contribution in [2.24, 2.45) is 11.1 Å². The number of carbonyl (C=O) groups excluding carboxylic acids is 1. The predicted octanol–water partition coefficient (Wildman–Crippen LogP) is 0.485. The molecule has 0 heterocycles. The minimum atomic E-state index is -0.817. The highest BCUT2D eigenvalue weighted by atomic mass is 16.4. The highest BCUT2D eigenvalue weighted by Gasteiger charge is 2.44. The monoisotopic (exact) mass is 228 g/mol. The molecule has 0 aliphatic heterocycles. The summed E-state index contributed by atoms with van der Waals surface area (Å²) in [6, 6.07) is -0.518. The van der Waals surface area contributed by atoms with Crippen LogP contribution in [0.5, 0.6) is 0 Å². The molecule has 0 radical (unpaired) electrons. The minimum Gasteiger partial charge on any atom is -0.481 e. The van der Waals surface area contributed by atoms with E-state index in [2.05, 4.69) is 5.32 Å². The molecule has 92 valence electrons. The molecule has 0 spiro atoms. The molecular formula is C11H20N2O3. The first-order valence-corrected chi connectivity index (χ1v) is 5.78. The zero-order chi connectivity index (χ0) is 12.2. The highest BCUT2D eigenvalue weighted by Crippen LogP contribution is 2.40. The highest BCUT2D eigenvalue weighted by molar-refractivity contribution is 5.83. The second-order valence-electron chi connectivity index (χ2n) is 4.55. The molecule has 5 heteroatoms. The second kappa shape index (κ2) is 5.30. The van der Waals surface area contributed by atoms with Crippen LogP contribution in [-0.4, -0.2) is 29.6 Å². The van der Waals surface area contributed by atoms with Gasteiger partial charge in [0.25, 0.3) is 0 Å². The Balaban J connectivity index is 2.38. The summed E-state index contributed by atoms with van der Waals surface area (Å²) >= 11 is 0. The van der Waals surface area contributed by atoms with E-state index in [-0.39, 0.29) is 12.5 Å². The molecule has 1 aliphatic carbocycles. The van der Waals surface area contributed by atoms with E-state index in [1.54, 1.807) is 0 Å². The first kappa shape index (κ1) is 13.0. The number of amides is 1. The molecule has 5 nitrogen and oxygen atoms in total. The van der Waals surface area contributed by atoms with Crippen LogP contribution in [0.3, 0.4) is 0 Å². The number of carbonyl (C=O) groups is 2. The van der Waals surface area contributed by atoms with Crippen LogP contribution in [0.25, 0.3) is 0 Å². The lowest BCUT2D eigenvalue weighted by Gasteiger charge is -2.37. The quantitative estimate of drug-likeness (QED) is 0.616. The lowest BCUT2D eigenvalue weighted by Crippen LogP contribution is -2.50. The number of rotatable bonds is 6. The van der Waals surface area contributed by atoms with Crippen molar-refractivity contribution in [1.29, 1.82) is 0 Å². The van der Waals surface area contributed by atoms with Gasteiger partial charge >= 0.3 is 5.97 Å². The molecule has 1 aliphatic rings. The Kier molecular flexibility index (Phi) is 4.29. The van der Waals surface area contributed by atoms with E-state index in [4.69, 9.17) is 10.8 Å². The first-order chi connectivity index (χ1) is 7.52. The average Bonchev–Trinajstić information content (AvgIpc) is 2.15. The molecule has 16 heavy (non-hydrogen) atoms. The summed E-state index contributed by atoms with van der Waals surface area (Å²) in [7, 11) is 0. The fourth-order valence-electron chi connectivity index (χ4n) is 1.90. The number of carboxylic acids is 1. The molecule has 0 saturated heterocycles. The maximum atomic E-state index is 11.5. The summed E-state index contributed by atoms with van der Waals surface area (Å²) in [6.07, 6.45) is 3.69. The molecule has 0 aromatic rings. The Morgan fingerprint density at radius 2 is 2.12 bits per heavy atom. The summed E-state index contributed by atoms with van der Waals surface area (Å²) < 4.78 is 0. The average molecular weight is 228 g/mol. The van der Waals surface area contributed by atoms with Crippen LogP contribution in [0.1, 0.15) is 39.0 Å². The molecular weight excluding hydrogens is 208 g/mol. The normalized spacial score (nSPS) is 19.6. The Morgan fingerprint density at radius 1 is 1.50 bits per heavy atom. The summed E-state index contributed by atoms with van der Waals surface area (Å²) in [4.78, 5) is 22.5. The van der Waals surface area contributed by atoms with Gasteiger partial charge < -0.3 is 16.2 Å². The third kappa shape index (κ3) is 2.72. The number of nitrogens with two attached hydrogens (primary N) is 1. The maximum Gasteiger partial charge on any atom is 0.311 e. The van der Waals surface area contributed by atoms with Crippen molar-refractivity contribution in [3.8, 4) is 0 Å².